The number of rotatable bonds is 3. The molecule has 0 bridgehead atoms. The zero-order chi connectivity index (χ0) is 11.2. The Kier molecular flexibility index (Phi) is 4.34. The molecule has 88 valence electrons. The van der Waals surface area contributed by atoms with E-state index < -0.39 is 0 Å². The van der Waals surface area contributed by atoms with Crippen LogP contribution in [0.1, 0.15) is 12.0 Å². The minimum atomic E-state index is 0.200. The second kappa shape index (κ2) is 5.99. The summed E-state index contributed by atoms with van der Waals surface area (Å²) in [5.41, 5.74) is 7.04. The highest BCUT2D eigenvalue weighted by molar-refractivity contribution is 5.14. The second-order valence-corrected chi connectivity index (χ2v) is 4.30. The molecule has 0 amide bonds. The standard InChI is InChI=1S/C13H20N2O/c14-9-13-11-15(7-4-8-16-13)10-12-5-2-1-3-6-12/h1-3,5-6,13H,4,7-11,14H2/t13-/m0/s1. The van der Waals surface area contributed by atoms with Gasteiger partial charge in [0, 0.05) is 32.8 Å². The normalized spacial score (nSPS) is 22.9. The lowest BCUT2D eigenvalue weighted by atomic mass is 10.2. The zero-order valence-corrected chi connectivity index (χ0v) is 9.64. The summed E-state index contributed by atoms with van der Waals surface area (Å²) in [4.78, 5) is 2.43. The van der Waals surface area contributed by atoms with E-state index in [1.165, 1.54) is 5.56 Å². The Morgan fingerprint density at radius 3 is 2.88 bits per heavy atom. The van der Waals surface area contributed by atoms with E-state index in [-0.39, 0.29) is 6.10 Å². The molecule has 1 aromatic carbocycles. The van der Waals surface area contributed by atoms with E-state index in [1.807, 2.05) is 0 Å². The first kappa shape index (κ1) is 11.6. The quantitative estimate of drug-likeness (QED) is 0.833. The molecule has 3 heteroatoms. The van der Waals surface area contributed by atoms with Crippen LogP contribution in [0.5, 0.6) is 0 Å². The molecule has 1 heterocycles. The summed E-state index contributed by atoms with van der Waals surface area (Å²) in [5.74, 6) is 0. The Hall–Kier alpha value is -0.900. The topological polar surface area (TPSA) is 38.5 Å². The highest BCUT2D eigenvalue weighted by Gasteiger charge is 2.17. The molecule has 3 nitrogen and oxygen atoms in total. The maximum Gasteiger partial charge on any atom is 0.0824 e. The van der Waals surface area contributed by atoms with Crippen molar-refractivity contribution >= 4 is 0 Å². The third kappa shape index (κ3) is 3.30. The van der Waals surface area contributed by atoms with Crippen molar-refractivity contribution < 1.29 is 4.74 Å². The lowest BCUT2D eigenvalue weighted by Gasteiger charge is -2.22. The summed E-state index contributed by atoms with van der Waals surface area (Å²) in [7, 11) is 0. The third-order valence-electron chi connectivity index (χ3n) is 2.95. The minimum absolute atomic E-state index is 0.200. The lowest BCUT2D eigenvalue weighted by molar-refractivity contribution is 0.0596. The van der Waals surface area contributed by atoms with Gasteiger partial charge in [0.05, 0.1) is 6.10 Å². The van der Waals surface area contributed by atoms with E-state index in [2.05, 4.69) is 35.2 Å². The molecule has 1 aliphatic rings. The zero-order valence-electron chi connectivity index (χ0n) is 9.64. The van der Waals surface area contributed by atoms with Crippen molar-refractivity contribution in [3.8, 4) is 0 Å². The monoisotopic (exact) mass is 220 g/mol. The number of hydrogen-bond acceptors (Lipinski definition) is 3. The molecule has 1 atom stereocenters. The van der Waals surface area contributed by atoms with Crippen LogP contribution in [0.3, 0.4) is 0 Å². The van der Waals surface area contributed by atoms with Gasteiger partial charge in [0.15, 0.2) is 0 Å². The first-order chi connectivity index (χ1) is 7.88. The smallest absolute Gasteiger partial charge is 0.0824 e. The van der Waals surface area contributed by atoms with Crippen LogP contribution >= 0.6 is 0 Å². The fraction of sp³-hybridized carbons (Fsp3) is 0.538. The van der Waals surface area contributed by atoms with Crippen molar-refractivity contribution in [2.45, 2.75) is 19.1 Å². The molecule has 0 aliphatic carbocycles. The summed E-state index contributed by atoms with van der Waals surface area (Å²) < 4.78 is 5.65. The van der Waals surface area contributed by atoms with Gasteiger partial charge in [-0.05, 0) is 12.0 Å². The summed E-state index contributed by atoms with van der Waals surface area (Å²) in [6.07, 6.45) is 1.30. The van der Waals surface area contributed by atoms with Crippen LogP contribution in [0, 0.1) is 0 Å². The van der Waals surface area contributed by atoms with Gasteiger partial charge in [-0.1, -0.05) is 30.3 Å². The second-order valence-electron chi connectivity index (χ2n) is 4.30. The first-order valence-corrected chi connectivity index (χ1v) is 5.96. The van der Waals surface area contributed by atoms with Gasteiger partial charge >= 0.3 is 0 Å². The molecule has 0 spiro atoms. The van der Waals surface area contributed by atoms with Crippen molar-refractivity contribution in [1.82, 2.24) is 4.90 Å². The molecule has 0 aromatic heterocycles. The van der Waals surface area contributed by atoms with E-state index in [0.29, 0.717) is 6.54 Å². The van der Waals surface area contributed by atoms with Gasteiger partial charge in [0.2, 0.25) is 0 Å². The maximum atomic E-state index is 5.68. The molecular formula is C13H20N2O. The van der Waals surface area contributed by atoms with Crippen LogP contribution in [0.4, 0.5) is 0 Å². The molecule has 1 aliphatic heterocycles. The molecule has 1 aromatic rings. The highest BCUT2D eigenvalue weighted by atomic mass is 16.5. The summed E-state index contributed by atoms with van der Waals surface area (Å²) >= 11 is 0. The Labute approximate surface area is 97.2 Å². The van der Waals surface area contributed by atoms with E-state index in [4.69, 9.17) is 10.5 Å². The first-order valence-electron chi connectivity index (χ1n) is 5.96. The van der Waals surface area contributed by atoms with Gasteiger partial charge in [-0.25, -0.2) is 0 Å². The third-order valence-corrected chi connectivity index (χ3v) is 2.95. The van der Waals surface area contributed by atoms with Crippen LogP contribution in [0.2, 0.25) is 0 Å². The molecule has 2 rings (SSSR count). The summed E-state index contributed by atoms with van der Waals surface area (Å²) in [6, 6.07) is 10.6. The van der Waals surface area contributed by atoms with Crippen LogP contribution in [0.25, 0.3) is 0 Å². The van der Waals surface area contributed by atoms with Crippen LogP contribution in [0.15, 0.2) is 30.3 Å². The van der Waals surface area contributed by atoms with Crippen molar-refractivity contribution in [2.75, 3.05) is 26.2 Å². The average Bonchev–Trinajstić information content (AvgIpc) is 2.55. The molecule has 1 saturated heterocycles. The minimum Gasteiger partial charge on any atom is -0.376 e. The fourth-order valence-electron chi connectivity index (χ4n) is 2.10. The predicted molar refractivity (Wildman–Crippen MR) is 65.1 cm³/mol. The number of hydrogen-bond donors (Lipinski definition) is 1. The number of nitrogens with two attached hydrogens (primary N) is 1. The van der Waals surface area contributed by atoms with Gasteiger partial charge in [0.1, 0.15) is 0 Å². The maximum absolute atomic E-state index is 5.68. The predicted octanol–water partition coefficient (Wildman–Crippen LogP) is 1.24. The highest BCUT2D eigenvalue weighted by Crippen LogP contribution is 2.10. The summed E-state index contributed by atoms with van der Waals surface area (Å²) in [5, 5.41) is 0. The van der Waals surface area contributed by atoms with Crippen molar-refractivity contribution in [1.29, 1.82) is 0 Å². The van der Waals surface area contributed by atoms with Gasteiger partial charge < -0.3 is 10.5 Å². The molecule has 1 fully saturated rings. The molecule has 2 N–H and O–H groups in total. The Balaban J connectivity index is 1.93. The van der Waals surface area contributed by atoms with Crippen molar-refractivity contribution in [3.05, 3.63) is 35.9 Å². The van der Waals surface area contributed by atoms with Crippen LogP contribution in [-0.2, 0) is 11.3 Å². The SMILES string of the molecule is NC[C@H]1CN(Cc2ccccc2)CCCO1. The van der Waals surface area contributed by atoms with Gasteiger partial charge in [-0.3, -0.25) is 4.90 Å². The summed E-state index contributed by atoms with van der Waals surface area (Å²) in [6.45, 7) is 4.51. The molecule has 16 heavy (non-hydrogen) atoms. The van der Waals surface area contributed by atoms with Gasteiger partial charge in [-0.2, -0.15) is 0 Å². The van der Waals surface area contributed by atoms with Crippen molar-refractivity contribution in [3.63, 3.8) is 0 Å². The van der Waals surface area contributed by atoms with Crippen LogP contribution < -0.4 is 5.73 Å². The lowest BCUT2D eigenvalue weighted by Crippen LogP contribution is -2.35. The van der Waals surface area contributed by atoms with E-state index in [1.54, 1.807) is 0 Å². The average molecular weight is 220 g/mol. The Morgan fingerprint density at radius 2 is 2.12 bits per heavy atom. The Bertz CT molecular complexity index is 302. The van der Waals surface area contributed by atoms with Crippen molar-refractivity contribution in [2.24, 2.45) is 5.73 Å². The number of nitrogens with zero attached hydrogens (tertiary/aromatic N) is 1. The van der Waals surface area contributed by atoms with Crippen LogP contribution in [-0.4, -0.2) is 37.2 Å². The fourth-order valence-corrected chi connectivity index (χ4v) is 2.10. The number of benzene rings is 1. The van der Waals surface area contributed by atoms with Gasteiger partial charge in [0.25, 0.3) is 0 Å². The van der Waals surface area contributed by atoms with E-state index in [0.717, 1.165) is 32.7 Å². The molecule has 0 saturated carbocycles. The molecular weight excluding hydrogens is 200 g/mol. The largest absolute Gasteiger partial charge is 0.376 e. The van der Waals surface area contributed by atoms with E-state index in [9.17, 15) is 0 Å². The Morgan fingerprint density at radius 1 is 1.31 bits per heavy atom. The number of ether oxygens (including phenoxy) is 1. The van der Waals surface area contributed by atoms with E-state index >= 15 is 0 Å². The molecule has 0 radical (unpaired) electrons. The molecule has 0 unspecified atom stereocenters. The van der Waals surface area contributed by atoms with Gasteiger partial charge in [-0.15, -0.1) is 0 Å².